The molecular weight excluding hydrogens is 375 g/mol. The monoisotopic (exact) mass is 398 g/mol. The van der Waals surface area contributed by atoms with Crippen molar-refractivity contribution in [2.75, 3.05) is 10.6 Å². The van der Waals surface area contributed by atoms with Gasteiger partial charge in [0.15, 0.2) is 5.78 Å². The Kier molecular flexibility index (Phi) is 4.62. The third kappa shape index (κ3) is 3.39. The predicted molar refractivity (Wildman–Crippen MR) is 118 cm³/mol. The van der Waals surface area contributed by atoms with E-state index in [2.05, 4.69) is 41.8 Å². The molecule has 1 aliphatic heterocycles. The molecule has 4 heteroatoms. The first-order valence-electron chi connectivity index (χ1n) is 10.3. The molecule has 0 bridgehead atoms. The number of hydrogen-bond acceptors (Lipinski definition) is 3. The van der Waals surface area contributed by atoms with Crippen molar-refractivity contribution in [3.05, 3.63) is 107 Å². The van der Waals surface area contributed by atoms with Gasteiger partial charge in [-0.3, -0.25) is 4.79 Å². The van der Waals surface area contributed by atoms with Crippen molar-refractivity contribution < 1.29 is 9.18 Å². The summed E-state index contributed by atoms with van der Waals surface area (Å²) in [6, 6.07) is 22.4. The first-order chi connectivity index (χ1) is 14.6. The summed E-state index contributed by atoms with van der Waals surface area (Å²) < 4.78 is 14.0. The molecule has 30 heavy (non-hydrogen) atoms. The van der Waals surface area contributed by atoms with Crippen LogP contribution in [-0.4, -0.2) is 5.78 Å². The molecule has 5 rings (SSSR count). The largest absolute Gasteiger partial charge is 0.372 e. The number of allylic oxidation sites excluding steroid dienone is 1. The number of benzene rings is 3. The van der Waals surface area contributed by atoms with Gasteiger partial charge in [0.2, 0.25) is 0 Å². The van der Waals surface area contributed by atoms with Gasteiger partial charge in [0, 0.05) is 17.7 Å². The number of ketones is 1. The predicted octanol–water partition coefficient (Wildman–Crippen LogP) is 6.11. The minimum Gasteiger partial charge on any atom is -0.372 e. The molecule has 1 heterocycles. The summed E-state index contributed by atoms with van der Waals surface area (Å²) in [5, 5.41) is 7.01. The molecule has 0 saturated carbocycles. The quantitative estimate of drug-likeness (QED) is 0.547. The van der Waals surface area contributed by atoms with Gasteiger partial charge in [-0.05, 0) is 54.7 Å². The van der Waals surface area contributed by atoms with E-state index in [-0.39, 0.29) is 17.5 Å². The third-order valence-electron chi connectivity index (χ3n) is 6.04. The van der Waals surface area contributed by atoms with Gasteiger partial charge >= 0.3 is 0 Å². The fourth-order valence-corrected chi connectivity index (χ4v) is 4.50. The molecule has 150 valence electrons. The van der Waals surface area contributed by atoms with Gasteiger partial charge in [-0.25, -0.2) is 4.39 Å². The summed E-state index contributed by atoms with van der Waals surface area (Å²) in [5.41, 5.74) is 6.60. The number of aryl methyl sites for hydroxylation is 1. The van der Waals surface area contributed by atoms with Crippen LogP contribution < -0.4 is 10.6 Å². The maximum absolute atomic E-state index is 14.0. The van der Waals surface area contributed by atoms with Crippen LogP contribution in [0.25, 0.3) is 0 Å². The van der Waals surface area contributed by atoms with Crippen LogP contribution in [-0.2, 0) is 4.79 Å². The number of hydrogen-bond donors (Lipinski definition) is 2. The molecule has 1 aliphatic carbocycles. The van der Waals surface area contributed by atoms with E-state index in [9.17, 15) is 9.18 Å². The van der Waals surface area contributed by atoms with Crippen molar-refractivity contribution in [1.29, 1.82) is 0 Å². The average molecular weight is 398 g/mol. The second kappa shape index (κ2) is 7.45. The van der Waals surface area contributed by atoms with Gasteiger partial charge in [0.1, 0.15) is 5.82 Å². The third-order valence-corrected chi connectivity index (χ3v) is 6.04. The lowest BCUT2D eigenvalue weighted by Gasteiger charge is -2.30. The number of anilines is 2. The van der Waals surface area contributed by atoms with Gasteiger partial charge in [0.25, 0.3) is 0 Å². The molecule has 0 fully saturated rings. The Morgan fingerprint density at radius 1 is 0.867 bits per heavy atom. The lowest BCUT2D eigenvalue weighted by Crippen LogP contribution is -2.26. The van der Waals surface area contributed by atoms with Crippen LogP contribution in [0.15, 0.2) is 84.1 Å². The van der Waals surface area contributed by atoms with Gasteiger partial charge in [-0.1, -0.05) is 54.1 Å². The van der Waals surface area contributed by atoms with Crippen molar-refractivity contribution in [3.8, 4) is 0 Å². The minimum atomic E-state index is -0.390. The molecule has 0 aromatic heterocycles. The summed E-state index contributed by atoms with van der Waals surface area (Å²) >= 11 is 0. The zero-order chi connectivity index (χ0) is 20.7. The Bertz CT molecular complexity index is 1150. The van der Waals surface area contributed by atoms with Crippen LogP contribution >= 0.6 is 0 Å². The van der Waals surface area contributed by atoms with E-state index in [1.807, 2.05) is 30.3 Å². The number of carbonyl (C=O) groups is 1. The standard InChI is InChI=1S/C26H23FN2O/c1-16-9-11-17(12-10-16)19-14-23-25(24(30)15-19)26(18-5-4-6-20(27)13-18)29-22-8-3-2-7-21(22)28-23/h2-13,19,26,28-29H,14-15H2,1H3/t19-,26-/m1/s1. The molecule has 0 radical (unpaired) electrons. The molecule has 3 aromatic rings. The fourth-order valence-electron chi connectivity index (χ4n) is 4.50. The number of nitrogens with one attached hydrogen (secondary N) is 2. The van der Waals surface area contributed by atoms with Crippen molar-refractivity contribution in [1.82, 2.24) is 0 Å². The lowest BCUT2D eigenvalue weighted by atomic mass is 9.78. The second-order valence-corrected chi connectivity index (χ2v) is 8.13. The molecule has 0 unspecified atom stereocenters. The first-order valence-corrected chi connectivity index (χ1v) is 10.3. The molecule has 2 N–H and O–H groups in total. The van der Waals surface area contributed by atoms with Crippen molar-refractivity contribution in [3.63, 3.8) is 0 Å². The van der Waals surface area contributed by atoms with Crippen LogP contribution in [0.5, 0.6) is 0 Å². The molecule has 3 aromatic carbocycles. The molecule has 3 nitrogen and oxygen atoms in total. The van der Waals surface area contributed by atoms with E-state index in [1.165, 1.54) is 23.3 Å². The number of halogens is 1. The SMILES string of the molecule is Cc1ccc([C@H]2CC(=O)C3=C(C2)Nc2ccccc2N[C@@H]3c2cccc(F)c2)cc1. The Morgan fingerprint density at radius 3 is 2.40 bits per heavy atom. The highest BCUT2D eigenvalue weighted by molar-refractivity contribution is 6.01. The van der Waals surface area contributed by atoms with Gasteiger partial charge in [-0.2, -0.15) is 0 Å². The van der Waals surface area contributed by atoms with Crippen molar-refractivity contribution in [2.24, 2.45) is 0 Å². The topological polar surface area (TPSA) is 41.1 Å². The molecule has 0 amide bonds. The highest BCUT2D eigenvalue weighted by Gasteiger charge is 2.36. The Balaban J connectivity index is 1.61. The molecular formula is C26H23FN2O. The smallest absolute Gasteiger partial charge is 0.163 e. The fraction of sp³-hybridized carbons (Fsp3) is 0.192. The van der Waals surface area contributed by atoms with Crippen LogP contribution in [0.2, 0.25) is 0 Å². The number of Topliss-reactive ketones (excluding diaryl/α,β-unsaturated/α-hetero) is 1. The zero-order valence-corrected chi connectivity index (χ0v) is 16.8. The number of fused-ring (bicyclic) bond motifs is 1. The van der Waals surface area contributed by atoms with E-state index >= 15 is 0 Å². The van der Waals surface area contributed by atoms with Gasteiger partial charge < -0.3 is 10.6 Å². The highest BCUT2D eigenvalue weighted by Crippen LogP contribution is 2.44. The highest BCUT2D eigenvalue weighted by atomic mass is 19.1. The van der Waals surface area contributed by atoms with Gasteiger partial charge in [0.05, 0.1) is 17.4 Å². The molecule has 0 saturated heterocycles. The van der Waals surface area contributed by atoms with Crippen LogP contribution in [0.1, 0.15) is 41.5 Å². The van der Waals surface area contributed by atoms with Gasteiger partial charge in [-0.15, -0.1) is 0 Å². The Morgan fingerprint density at radius 2 is 1.63 bits per heavy atom. The number of carbonyl (C=O) groups excluding carboxylic acids is 1. The minimum absolute atomic E-state index is 0.101. The van der Waals surface area contributed by atoms with E-state index < -0.39 is 6.04 Å². The molecule has 0 spiro atoms. The zero-order valence-electron chi connectivity index (χ0n) is 16.8. The average Bonchev–Trinajstić information content (AvgIpc) is 2.91. The summed E-state index contributed by atoms with van der Waals surface area (Å²) in [6.07, 6.45) is 1.19. The van der Waals surface area contributed by atoms with Crippen LogP contribution in [0.4, 0.5) is 15.8 Å². The maximum atomic E-state index is 14.0. The normalized spacial score (nSPS) is 20.5. The molecule has 2 atom stereocenters. The summed E-state index contributed by atoms with van der Waals surface area (Å²) in [6.45, 7) is 2.06. The molecule has 2 aliphatic rings. The second-order valence-electron chi connectivity index (χ2n) is 8.13. The Hall–Kier alpha value is -3.40. The van der Waals surface area contributed by atoms with E-state index in [4.69, 9.17) is 0 Å². The van der Waals surface area contributed by atoms with Crippen molar-refractivity contribution >= 4 is 17.2 Å². The first kappa shape index (κ1) is 18.6. The number of para-hydroxylation sites is 2. The van der Waals surface area contributed by atoms with E-state index in [0.717, 1.165) is 29.1 Å². The van der Waals surface area contributed by atoms with E-state index in [1.54, 1.807) is 6.07 Å². The number of rotatable bonds is 2. The van der Waals surface area contributed by atoms with E-state index in [0.29, 0.717) is 12.0 Å². The summed E-state index contributed by atoms with van der Waals surface area (Å²) in [5.74, 6) is -0.0746. The summed E-state index contributed by atoms with van der Waals surface area (Å²) in [4.78, 5) is 13.4. The van der Waals surface area contributed by atoms with Crippen LogP contribution in [0, 0.1) is 12.7 Å². The van der Waals surface area contributed by atoms with Crippen LogP contribution in [0.3, 0.4) is 0 Å². The van der Waals surface area contributed by atoms with Crippen molar-refractivity contribution in [2.45, 2.75) is 31.7 Å². The summed E-state index contributed by atoms with van der Waals surface area (Å²) in [7, 11) is 0. The maximum Gasteiger partial charge on any atom is 0.163 e. The lowest BCUT2D eigenvalue weighted by molar-refractivity contribution is -0.116. The Labute approximate surface area is 175 Å².